The number of methoxy groups -OCH3 is 1. The fourth-order valence-electron chi connectivity index (χ4n) is 3.66. The van der Waals surface area contributed by atoms with Gasteiger partial charge in [-0.15, -0.1) is 24.0 Å². The summed E-state index contributed by atoms with van der Waals surface area (Å²) in [6.45, 7) is 9.01. The van der Waals surface area contributed by atoms with E-state index in [9.17, 15) is 9.90 Å². The summed E-state index contributed by atoms with van der Waals surface area (Å²) in [5.41, 5.74) is 0.908. The van der Waals surface area contributed by atoms with Crippen LogP contribution < -0.4 is 15.4 Å². The van der Waals surface area contributed by atoms with Crippen LogP contribution in [0.3, 0.4) is 0 Å². The van der Waals surface area contributed by atoms with Crippen molar-refractivity contribution in [2.75, 3.05) is 26.7 Å². The lowest BCUT2D eigenvalue weighted by Gasteiger charge is -2.34. The van der Waals surface area contributed by atoms with Crippen LogP contribution in [0.1, 0.15) is 52.0 Å². The van der Waals surface area contributed by atoms with E-state index in [4.69, 9.17) is 4.74 Å². The van der Waals surface area contributed by atoms with E-state index < -0.39 is 0 Å². The van der Waals surface area contributed by atoms with Gasteiger partial charge in [-0.2, -0.15) is 0 Å². The maximum Gasteiger partial charge on any atom is 0.225 e. The molecule has 1 aromatic carbocycles. The van der Waals surface area contributed by atoms with Gasteiger partial charge in [0.2, 0.25) is 5.91 Å². The van der Waals surface area contributed by atoms with Gasteiger partial charge in [0.1, 0.15) is 0 Å². The summed E-state index contributed by atoms with van der Waals surface area (Å²) in [5, 5.41) is 16.7. The number of ether oxygens (including phenoxy) is 1. The van der Waals surface area contributed by atoms with Crippen LogP contribution in [0.25, 0.3) is 0 Å². The summed E-state index contributed by atoms with van der Waals surface area (Å²) < 4.78 is 5.08. The molecule has 1 saturated heterocycles. The van der Waals surface area contributed by atoms with Crippen molar-refractivity contribution in [3.63, 3.8) is 0 Å². The van der Waals surface area contributed by atoms with Gasteiger partial charge in [0, 0.05) is 31.6 Å². The van der Waals surface area contributed by atoms with Crippen molar-refractivity contribution in [1.29, 1.82) is 0 Å². The van der Waals surface area contributed by atoms with E-state index in [1.54, 1.807) is 12.1 Å². The molecule has 1 heterocycles. The molecule has 1 aromatic rings. The van der Waals surface area contributed by atoms with Crippen molar-refractivity contribution in [1.82, 2.24) is 15.5 Å². The second kappa shape index (κ2) is 13.6. The maximum atomic E-state index is 12.6. The highest BCUT2D eigenvalue weighted by atomic mass is 127. The normalized spacial score (nSPS) is 15.0. The van der Waals surface area contributed by atoms with Crippen LogP contribution in [0.2, 0.25) is 0 Å². The average molecular weight is 532 g/mol. The Bertz CT molecular complexity index is 687. The van der Waals surface area contributed by atoms with Crippen molar-refractivity contribution in [2.45, 2.75) is 59.0 Å². The molecule has 1 aliphatic heterocycles. The van der Waals surface area contributed by atoms with E-state index in [-0.39, 0.29) is 35.6 Å². The van der Waals surface area contributed by atoms with Crippen molar-refractivity contribution < 1.29 is 14.6 Å². The van der Waals surface area contributed by atoms with E-state index in [2.05, 4.69) is 29.5 Å². The highest BCUT2D eigenvalue weighted by molar-refractivity contribution is 14.0. The van der Waals surface area contributed by atoms with E-state index in [1.165, 1.54) is 7.11 Å². The Hall–Kier alpha value is -1.71. The Morgan fingerprint density at radius 3 is 2.47 bits per heavy atom. The van der Waals surface area contributed by atoms with Gasteiger partial charge in [0.05, 0.1) is 13.7 Å². The number of nitrogens with one attached hydrogen (secondary N) is 2. The molecule has 8 heteroatoms. The molecule has 0 spiro atoms. The Labute approximate surface area is 197 Å². The van der Waals surface area contributed by atoms with Crippen LogP contribution in [0.5, 0.6) is 11.5 Å². The summed E-state index contributed by atoms with van der Waals surface area (Å²) >= 11 is 0. The highest BCUT2D eigenvalue weighted by Gasteiger charge is 2.26. The minimum Gasteiger partial charge on any atom is -0.504 e. The molecule has 1 amide bonds. The second-order valence-corrected chi connectivity index (χ2v) is 7.46. The number of guanidine groups is 1. The molecule has 1 aliphatic rings. The molecule has 30 heavy (non-hydrogen) atoms. The Morgan fingerprint density at radius 2 is 1.93 bits per heavy atom. The minimum absolute atomic E-state index is 0. The van der Waals surface area contributed by atoms with Gasteiger partial charge in [0.15, 0.2) is 17.5 Å². The SMILES string of the molecule is CCNC(=NCc1ccc(OC)c(O)c1)NC1CCN(C(=O)C(CC)CC)CC1.I. The van der Waals surface area contributed by atoms with E-state index in [1.807, 2.05) is 17.9 Å². The number of phenolic OH excluding ortho intramolecular Hbond substituents is 1. The Balaban J connectivity index is 0.00000450. The number of hydrogen-bond acceptors (Lipinski definition) is 4. The Kier molecular flexibility index (Phi) is 11.9. The van der Waals surface area contributed by atoms with Crippen LogP contribution >= 0.6 is 24.0 Å². The van der Waals surface area contributed by atoms with Gasteiger partial charge < -0.3 is 25.4 Å². The third-order valence-corrected chi connectivity index (χ3v) is 5.49. The molecule has 0 bridgehead atoms. The number of rotatable bonds is 8. The number of piperidine rings is 1. The summed E-state index contributed by atoms with van der Waals surface area (Å²) in [6, 6.07) is 5.61. The van der Waals surface area contributed by atoms with Crippen LogP contribution in [-0.4, -0.2) is 54.7 Å². The summed E-state index contributed by atoms with van der Waals surface area (Å²) in [4.78, 5) is 19.2. The number of nitrogens with zero attached hydrogens (tertiary/aromatic N) is 2. The fraction of sp³-hybridized carbons (Fsp3) is 0.636. The van der Waals surface area contributed by atoms with Crippen molar-refractivity contribution in [3.05, 3.63) is 23.8 Å². The first-order chi connectivity index (χ1) is 14.0. The smallest absolute Gasteiger partial charge is 0.225 e. The zero-order valence-electron chi connectivity index (χ0n) is 18.6. The van der Waals surface area contributed by atoms with E-state index in [0.717, 1.165) is 56.8 Å². The Morgan fingerprint density at radius 1 is 1.27 bits per heavy atom. The average Bonchev–Trinajstić information content (AvgIpc) is 2.73. The van der Waals surface area contributed by atoms with Gasteiger partial charge >= 0.3 is 0 Å². The lowest BCUT2D eigenvalue weighted by Crippen LogP contribution is -2.50. The lowest BCUT2D eigenvalue weighted by molar-refractivity contribution is -0.136. The summed E-state index contributed by atoms with van der Waals surface area (Å²) in [5.74, 6) is 1.78. The van der Waals surface area contributed by atoms with E-state index in [0.29, 0.717) is 24.2 Å². The number of phenols is 1. The molecular weight excluding hydrogens is 495 g/mol. The number of hydrogen-bond donors (Lipinski definition) is 3. The van der Waals surface area contributed by atoms with Gasteiger partial charge in [-0.05, 0) is 50.3 Å². The number of likely N-dealkylation sites (tertiary alicyclic amines) is 1. The van der Waals surface area contributed by atoms with Crippen LogP contribution in [0.4, 0.5) is 0 Å². The first kappa shape index (κ1) is 26.3. The molecule has 0 unspecified atom stereocenters. The number of benzene rings is 1. The number of amides is 1. The molecule has 1 fully saturated rings. The largest absolute Gasteiger partial charge is 0.504 e. The summed E-state index contributed by atoms with van der Waals surface area (Å²) in [6.07, 6.45) is 3.65. The molecule has 170 valence electrons. The third kappa shape index (κ3) is 7.52. The molecule has 0 aliphatic carbocycles. The molecular formula is C22H37IN4O3. The number of halogens is 1. The number of carbonyl (C=O) groups excluding carboxylic acids is 1. The molecule has 2 rings (SSSR count). The quantitative estimate of drug-likeness (QED) is 0.271. The summed E-state index contributed by atoms with van der Waals surface area (Å²) in [7, 11) is 1.53. The number of carbonyl (C=O) groups is 1. The molecule has 7 nitrogen and oxygen atoms in total. The van der Waals surface area contributed by atoms with E-state index >= 15 is 0 Å². The topological polar surface area (TPSA) is 86.2 Å². The molecule has 0 radical (unpaired) electrons. The van der Waals surface area contributed by atoms with Crippen molar-refractivity contribution >= 4 is 35.8 Å². The van der Waals surface area contributed by atoms with Crippen molar-refractivity contribution in [2.24, 2.45) is 10.9 Å². The lowest BCUT2D eigenvalue weighted by atomic mass is 9.98. The molecule has 3 N–H and O–H groups in total. The predicted molar refractivity (Wildman–Crippen MR) is 132 cm³/mol. The van der Waals surface area contributed by atoms with Crippen molar-refractivity contribution in [3.8, 4) is 11.5 Å². The van der Waals surface area contributed by atoms with Gasteiger partial charge in [-0.25, -0.2) is 4.99 Å². The predicted octanol–water partition coefficient (Wildman–Crippen LogP) is 3.50. The van der Waals surface area contributed by atoms with Crippen LogP contribution in [0, 0.1) is 5.92 Å². The van der Waals surface area contributed by atoms with Gasteiger partial charge in [0.25, 0.3) is 0 Å². The monoisotopic (exact) mass is 532 g/mol. The van der Waals surface area contributed by atoms with Crippen LogP contribution in [0.15, 0.2) is 23.2 Å². The standard InChI is InChI=1S/C22H36N4O3.HI/c1-5-17(6-2)21(28)26-12-10-18(11-13-26)25-22(23-7-3)24-15-16-8-9-20(29-4)19(27)14-16;/h8-9,14,17-18,27H,5-7,10-13,15H2,1-4H3,(H2,23,24,25);1H. The number of aromatic hydroxyl groups is 1. The molecule has 0 aromatic heterocycles. The molecule has 0 atom stereocenters. The second-order valence-electron chi connectivity index (χ2n) is 7.46. The highest BCUT2D eigenvalue weighted by Crippen LogP contribution is 2.26. The first-order valence-electron chi connectivity index (χ1n) is 10.7. The van der Waals surface area contributed by atoms with Gasteiger partial charge in [-0.3, -0.25) is 4.79 Å². The number of aliphatic imine (C=N–C) groups is 1. The molecule has 0 saturated carbocycles. The maximum absolute atomic E-state index is 12.6. The van der Waals surface area contributed by atoms with Crippen LogP contribution in [-0.2, 0) is 11.3 Å². The zero-order chi connectivity index (χ0) is 21.2. The minimum atomic E-state index is 0. The first-order valence-corrected chi connectivity index (χ1v) is 10.7. The fourth-order valence-corrected chi connectivity index (χ4v) is 3.66. The third-order valence-electron chi connectivity index (χ3n) is 5.49. The van der Waals surface area contributed by atoms with Gasteiger partial charge in [-0.1, -0.05) is 19.9 Å². The zero-order valence-corrected chi connectivity index (χ0v) is 20.9.